The molecule has 1 aromatic rings. The number of aliphatic hydroxyl groups is 1. The van der Waals surface area contributed by atoms with Crippen LogP contribution in [0.3, 0.4) is 0 Å². The van der Waals surface area contributed by atoms with Crippen LogP contribution in [0.15, 0.2) is 23.1 Å². The molecule has 1 rings (SSSR count). The molecule has 0 saturated heterocycles. The maximum Gasteiger partial charge on any atom is 0.242 e. The van der Waals surface area contributed by atoms with Gasteiger partial charge in [0.1, 0.15) is 4.90 Å². The second-order valence-electron chi connectivity index (χ2n) is 4.81. The lowest BCUT2D eigenvalue weighted by atomic mass is 10.2. The van der Waals surface area contributed by atoms with Gasteiger partial charge in [-0.05, 0) is 31.5 Å². The Morgan fingerprint density at radius 1 is 1.43 bits per heavy atom. The Bertz CT molecular complexity index is 608. The molecule has 0 aliphatic heterocycles. The molecule has 0 saturated carbocycles. The van der Waals surface area contributed by atoms with Crippen LogP contribution in [0.1, 0.15) is 32.3 Å². The van der Waals surface area contributed by atoms with Gasteiger partial charge in [0.15, 0.2) is 0 Å². The van der Waals surface area contributed by atoms with Crippen LogP contribution in [-0.4, -0.2) is 32.7 Å². The first-order valence-electron chi connectivity index (χ1n) is 6.85. The smallest absolute Gasteiger partial charge is 0.242 e. The first kappa shape index (κ1) is 17.4. The normalized spacial score (nSPS) is 12.7. The summed E-state index contributed by atoms with van der Waals surface area (Å²) < 4.78 is 27.0. The molecule has 6 nitrogen and oxygen atoms in total. The lowest BCUT2D eigenvalue weighted by Gasteiger charge is -2.16. The van der Waals surface area contributed by atoms with Gasteiger partial charge in [0.25, 0.3) is 0 Å². The van der Waals surface area contributed by atoms with Crippen molar-refractivity contribution < 1.29 is 13.5 Å². The molecule has 1 aromatic carbocycles. The van der Waals surface area contributed by atoms with Gasteiger partial charge in [-0.1, -0.05) is 13.3 Å². The Hall–Kier alpha value is -1.62. The van der Waals surface area contributed by atoms with E-state index >= 15 is 0 Å². The molecule has 7 heteroatoms. The molecule has 0 fully saturated rings. The third-order valence-electron chi connectivity index (χ3n) is 2.87. The Balaban J connectivity index is 3.12. The van der Waals surface area contributed by atoms with Crippen LogP contribution in [0.2, 0.25) is 0 Å². The van der Waals surface area contributed by atoms with E-state index in [1.54, 1.807) is 6.92 Å². The van der Waals surface area contributed by atoms with E-state index in [-0.39, 0.29) is 11.5 Å². The van der Waals surface area contributed by atoms with Gasteiger partial charge >= 0.3 is 0 Å². The zero-order valence-corrected chi connectivity index (χ0v) is 13.1. The highest BCUT2D eigenvalue weighted by molar-refractivity contribution is 7.89. The zero-order chi connectivity index (χ0) is 15.9. The number of unbranched alkanes of at least 4 members (excludes halogenated alkanes) is 1. The van der Waals surface area contributed by atoms with E-state index in [0.717, 1.165) is 12.8 Å². The minimum absolute atomic E-state index is 0.0814. The van der Waals surface area contributed by atoms with E-state index in [4.69, 9.17) is 10.4 Å². The van der Waals surface area contributed by atoms with Crippen LogP contribution in [-0.2, 0) is 10.0 Å². The molecule has 1 atom stereocenters. The first-order valence-corrected chi connectivity index (χ1v) is 8.34. The molecule has 0 aliphatic carbocycles. The molecule has 0 amide bonds. The molecule has 0 aliphatic rings. The van der Waals surface area contributed by atoms with Gasteiger partial charge in [0.2, 0.25) is 10.0 Å². The minimum atomic E-state index is -3.75. The lowest BCUT2D eigenvalue weighted by molar-refractivity contribution is 0.265. The predicted molar refractivity (Wildman–Crippen MR) is 81.4 cm³/mol. The average Bonchev–Trinajstić information content (AvgIpc) is 2.46. The molecule has 21 heavy (non-hydrogen) atoms. The number of hydrogen-bond acceptors (Lipinski definition) is 5. The van der Waals surface area contributed by atoms with E-state index < -0.39 is 16.1 Å². The van der Waals surface area contributed by atoms with Crippen molar-refractivity contribution in [3.63, 3.8) is 0 Å². The minimum Gasteiger partial charge on any atom is -0.395 e. The number of aliphatic hydroxyl groups excluding tert-OH is 1. The molecule has 0 aromatic heterocycles. The molecule has 116 valence electrons. The number of anilines is 1. The maximum absolute atomic E-state index is 12.3. The molecular formula is C14H21N3O3S. The predicted octanol–water partition coefficient (Wildman–Crippen LogP) is 1.43. The Labute approximate surface area is 125 Å². The number of nitrogens with one attached hydrogen (secondary N) is 2. The first-order chi connectivity index (χ1) is 9.94. The van der Waals surface area contributed by atoms with Crippen molar-refractivity contribution in [1.29, 1.82) is 5.26 Å². The second kappa shape index (κ2) is 7.98. The maximum atomic E-state index is 12.3. The van der Waals surface area contributed by atoms with Gasteiger partial charge < -0.3 is 10.4 Å². The van der Waals surface area contributed by atoms with Crippen molar-refractivity contribution >= 4 is 15.7 Å². The number of rotatable bonds is 8. The number of hydrogen-bond donors (Lipinski definition) is 3. The van der Waals surface area contributed by atoms with Gasteiger partial charge in [-0.3, -0.25) is 0 Å². The van der Waals surface area contributed by atoms with Crippen LogP contribution >= 0.6 is 0 Å². The van der Waals surface area contributed by atoms with Crippen LogP contribution in [0, 0.1) is 11.3 Å². The molecule has 0 radical (unpaired) electrons. The second-order valence-corrected chi connectivity index (χ2v) is 6.49. The third kappa shape index (κ3) is 5.01. The number of nitriles is 1. The zero-order valence-electron chi connectivity index (χ0n) is 12.3. The summed E-state index contributed by atoms with van der Waals surface area (Å²) in [7, 11) is -3.75. The Morgan fingerprint density at radius 2 is 2.14 bits per heavy atom. The standard InChI is InChI=1S/C14H21N3O3S/c1-3-4-7-16-13-8-12(9-15)5-6-14(13)21(19,20)17-11(2)10-18/h5-6,8,11,16-18H,3-4,7,10H2,1-2H3/t11-/m0/s1. The summed E-state index contributed by atoms with van der Waals surface area (Å²) >= 11 is 0. The van der Waals surface area contributed by atoms with Crippen molar-refractivity contribution in [2.24, 2.45) is 0 Å². The lowest BCUT2D eigenvalue weighted by Crippen LogP contribution is -2.35. The largest absolute Gasteiger partial charge is 0.395 e. The number of sulfonamides is 1. The van der Waals surface area contributed by atoms with Crippen molar-refractivity contribution in [3.05, 3.63) is 23.8 Å². The molecule has 0 unspecified atom stereocenters. The fourth-order valence-corrected chi connectivity index (χ4v) is 3.14. The summed E-state index contributed by atoms with van der Waals surface area (Å²) in [5, 5.41) is 21.0. The quantitative estimate of drug-likeness (QED) is 0.630. The SMILES string of the molecule is CCCCNc1cc(C#N)ccc1S(=O)(=O)N[C@@H](C)CO. The van der Waals surface area contributed by atoms with E-state index in [9.17, 15) is 8.42 Å². The van der Waals surface area contributed by atoms with E-state index in [1.807, 2.05) is 13.0 Å². The van der Waals surface area contributed by atoms with E-state index in [1.165, 1.54) is 18.2 Å². The third-order valence-corrected chi connectivity index (χ3v) is 4.52. The summed E-state index contributed by atoms with van der Waals surface area (Å²) in [4.78, 5) is 0.0814. The van der Waals surface area contributed by atoms with Gasteiger partial charge in [0.05, 0.1) is 23.9 Å². The van der Waals surface area contributed by atoms with Crippen LogP contribution in [0.5, 0.6) is 0 Å². The molecule has 0 heterocycles. The van der Waals surface area contributed by atoms with Crippen LogP contribution in [0.25, 0.3) is 0 Å². The van der Waals surface area contributed by atoms with Crippen molar-refractivity contribution in [3.8, 4) is 6.07 Å². The van der Waals surface area contributed by atoms with Crippen molar-refractivity contribution in [2.45, 2.75) is 37.6 Å². The van der Waals surface area contributed by atoms with Crippen LogP contribution in [0.4, 0.5) is 5.69 Å². The fourth-order valence-electron chi connectivity index (χ4n) is 1.74. The summed E-state index contributed by atoms with van der Waals surface area (Å²) in [6.07, 6.45) is 1.88. The number of nitrogens with zero attached hydrogens (tertiary/aromatic N) is 1. The molecule has 3 N–H and O–H groups in total. The topological polar surface area (TPSA) is 102 Å². The van der Waals surface area contributed by atoms with Gasteiger partial charge in [0, 0.05) is 12.6 Å². The highest BCUT2D eigenvalue weighted by atomic mass is 32.2. The molecule has 0 spiro atoms. The van der Waals surface area contributed by atoms with E-state index in [2.05, 4.69) is 10.0 Å². The Kier molecular flexibility index (Phi) is 6.62. The monoisotopic (exact) mass is 311 g/mol. The highest BCUT2D eigenvalue weighted by Crippen LogP contribution is 2.23. The molecule has 0 bridgehead atoms. The summed E-state index contributed by atoms with van der Waals surface area (Å²) in [6.45, 7) is 3.96. The summed E-state index contributed by atoms with van der Waals surface area (Å²) in [5.41, 5.74) is 0.795. The fraction of sp³-hybridized carbons (Fsp3) is 0.500. The van der Waals surface area contributed by atoms with Crippen molar-refractivity contribution in [2.75, 3.05) is 18.5 Å². The van der Waals surface area contributed by atoms with Gasteiger partial charge in [-0.2, -0.15) is 5.26 Å². The highest BCUT2D eigenvalue weighted by Gasteiger charge is 2.21. The molecular weight excluding hydrogens is 290 g/mol. The summed E-state index contributed by atoms with van der Waals surface area (Å²) in [5.74, 6) is 0. The van der Waals surface area contributed by atoms with Crippen molar-refractivity contribution in [1.82, 2.24) is 4.72 Å². The Morgan fingerprint density at radius 3 is 2.71 bits per heavy atom. The van der Waals surface area contributed by atoms with Gasteiger partial charge in [-0.25, -0.2) is 13.1 Å². The average molecular weight is 311 g/mol. The van der Waals surface area contributed by atoms with E-state index in [0.29, 0.717) is 17.8 Å². The van der Waals surface area contributed by atoms with Gasteiger partial charge in [-0.15, -0.1) is 0 Å². The van der Waals surface area contributed by atoms with Crippen LogP contribution < -0.4 is 10.0 Å². The summed E-state index contributed by atoms with van der Waals surface area (Å²) in [6, 6.07) is 5.80. The number of benzene rings is 1.